The number of aromatic nitrogens is 1. The van der Waals surface area contributed by atoms with Crippen LogP contribution in [0.15, 0.2) is 18.2 Å². The molecule has 18 heavy (non-hydrogen) atoms. The van der Waals surface area contributed by atoms with E-state index in [-0.39, 0.29) is 18.9 Å². The van der Waals surface area contributed by atoms with Gasteiger partial charge in [-0.25, -0.2) is 4.98 Å². The van der Waals surface area contributed by atoms with Crippen molar-refractivity contribution in [3.63, 3.8) is 0 Å². The Hall–Kier alpha value is -1.30. The number of likely N-dealkylation sites (tertiary alicyclic amines) is 1. The summed E-state index contributed by atoms with van der Waals surface area (Å²) in [5.41, 5.74) is 6.20. The molecule has 1 aliphatic heterocycles. The highest BCUT2D eigenvalue weighted by Crippen LogP contribution is 2.40. The van der Waals surface area contributed by atoms with Crippen LogP contribution in [0.4, 0.5) is 19.0 Å². The minimum atomic E-state index is -4.13. The summed E-state index contributed by atoms with van der Waals surface area (Å²) >= 11 is 0. The molecule has 0 aliphatic carbocycles. The van der Waals surface area contributed by atoms with E-state index in [2.05, 4.69) is 4.98 Å². The predicted octanol–water partition coefficient (Wildman–Crippen LogP) is 2.61. The van der Waals surface area contributed by atoms with Crippen LogP contribution >= 0.6 is 0 Å². The first-order valence-electron chi connectivity index (χ1n) is 5.87. The van der Waals surface area contributed by atoms with Gasteiger partial charge in [-0.15, -0.1) is 0 Å². The second-order valence-corrected chi connectivity index (χ2v) is 4.75. The molecule has 0 unspecified atom stereocenters. The van der Waals surface area contributed by atoms with Gasteiger partial charge in [0.25, 0.3) is 0 Å². The van der Waals surface area contributed by atoms with E-state index in [9.17, 15) is 13.2 Å². The summed E-state index contributed by atoms with van der Waals surface area (Å²) in [5, 5.41) is 0. The van der Waals surface area contributed by atoms with Crippen molar-refractivity contribution in [2.75, 3.05) is 19.3 Å². The fourth-order valence-electron chi connectivity index (χ4n) is 2.38. The maximum atomic E-state index is 12.8. The first-order valence-corrected chi connectivity index (χ1v) is 5.87. The zero-order chi connectivity index (χ0) is 13.3. The molecular weight excluding hydrogens is 243 g/mol. The highest BCUT2D eigenvalue weighted by molar-refractivity contribution is 5.30. The standard InChI is InChI=1S/C12H16F3N3/c1-18-6-5-8(12(13,14)15)7-10(18)9-3-2-4-11(16)17-9/h2-4,8,10H,5-7H2,1H3,(H2,16,17)/t8-,10+/m1/s1. The quantitative estimate of drug-likeness (QED) is 0.843. The first kappa shape index (κ1) is 13.1. The lowest BCUT2D eigenvalue weighted by molar-refractivity contribution is -0.189. The van der Waals surface area contributed by atoms with Crippen molar-refractivity contribution in [1.82, 2.24) is 9.88 Å². The van der Waals surface area contributed by atoms with Gasteiger partial charge < -0.3 is 5.73 Å². The van der Waals surface area contributed by atoms with E-state index in [0.29, 0.717) is 18.1 Å². The van der Waals surface area contributed by atoms with Gasteiger partial charge in [0.2, 0.25) is 0 Å². The number of alkyl halides is 3. The monoisotopic (exact) mass is 259 g/mol. The highest BCUT2D eigenvalue weighted by Gasteiger charge is 2.44. The number of nitrogens with zero attached hydrogens (tertiary/aromatic N) is 2. The van der Waals surface area contributed by atoms with Gasteiger partial charge in [0.15, 0.2) is 0 Å². The SMILES string of the molecule is CN1CC[C@@H](C(F)(F)F)C[C@H]1c1cccc(N)n1. The third-order valence-corrected chi connectivity index (χ3v) is 3.47. The minimum Gasteiger partial charge on any atom is -0.384 e. The van der Waals surface area contributed by atoms with Gasteiger partial charge in [0, 0.05) is 0 Å². The lowest BCUT2D eigenvalue weighted by Gasteiger charge is -2.37. The summed E-state index contributed by atoms with van der Waals surface area (Å²) in [7, 11) is 1.82. The largest absolute Gasteiger partial charge is 0.391 e. The number of hydrogen-bond acceptors (Lipinski definition) is 3. The van der Waals surface area contributed by atoms with Crippen LogP contribution in [0.25, 0.3) is 0 Å². The Kier molecular flexibility index (Phi) is 3.47. The normalized spacial score (nSPS) is 26.2. The molecule has 1 saturated heterocycles. The molecule has 1 fully saturated rings. The highest BCUT2D eigenvalue weighted by atomic mass is 19.4. The zero-order valence-electron chi connectivity index (χ0n) is 10.1. The molecule has 2 rings (SSSR count). The predicted molar refractivity (Wildman–Crippen MR) is 62.8 cm³/mol. The number of halogens is 3. The van der Waals surface area contributed by atoms with Crippen LogP contribution in [0, 0.1) is 5.92 Å². The molecule has 1 aliphatic rings. The zero-order valence-corrected chi connectivity index (χ0v) is 10.1. The van der Waals surface area contributed by atoms with E-state index < -0.39 is 12.1 Å². The number of rotatable bonds is 1. The van der Waals surface area contributed by atoms with Crippen LogP contribution in [-0.2, 0) is 0 Å². The van der Waals surface area contributed by atoms with Crippen molar-refractivity contribution in [1.29, 1.82) is 0 Å². The molecule has 1 aromatic heterocycles. The number of piperidine rings is 1. The van der Waals surface area contributed by atoms with E-state index >= 15 is 0 Å². The van der Waals surface area contributed by atoms with E-state index in [1.165, 1.54) is 0 Å². The van der Waals surface area contributed by atoms with Crippen LogP contribution in [0.5, 0.6) is 0 Å². The maximum absolute atomic E-state index is 12.8. The Bertz CT molecular complexity index is 419. The topological polar surface area (TPSA) is 42.1 Å². The Morgan fingerprint density at radius 1 is 1.39 bits per heavy atom. The second kappa shape index (κ2) is 4.76. The van der Waals surface area contributed by atoms with Crippen LogP contribution in [0.3, 0.4) is 0 Å². The van der Waals surface area contributed by atoms with Crippen molar-refractivity contribution in [3.8, 4) is 0 Å². The third-order valence-electron chi connectivity index (χ3n) is 3.47. The average molecular weight is 259 g/mol. The van der Waals surface area contributed by atoms with Gasteiger partial charge in [-0.2, -0.15) is 13.2 Å². The number of anilines is 1. The minimum absolute atomic E-state index is 0.0520. The lowest BCUT2D eigenvalue weighted by atomic mass is 9.89. The molecule has 0 bridgehead atoms. The Morgan fingerprint density at radius 3 is 2.72 bits per heavy atom. The van der Waals surface area contributed by atoms with Crippen LogP contribution in [-0.4, -0.2) is 29.7 Å². The molecule has 3 nitrogen and oxygen atoms in total. The lowest BCUT2D eigenvalue weighted by Crippen LogP contribution is -2.39. The van der Waals surface area contributed by atoms with E-state index in [1.54, 1.807) is 18.2 Å². The van der Waals surface area contributed by atoms with Crippen LogP contribution < -0.4 is 5.73 Å². The van der Waals surface area contributed by atoms with Crippen LogP contribution in [0.1, 0.15) is 24.6 Å². The molecule has 0 spiro atoms. The number of nitrogen functional groups attached to an aromatic ring is 1. The van der Waals surface area contributed by atoms with Crippen molar-refractivity contribution in [2.45, 2.75) is 25.1 Å². The number of hydrogen-bond donors (Lipinski definition) is 1. The van der Waals surface area contributed by atoms with Crippen molar-refractivity contribution < 1.29 is 13.2 Å². The van der Waals surface area contributed by atoms with E-state index in [1.807, 2.05) is 11.9 Å². The molecule has 0 radical (unpaired) electrons. The summed E-state index contributed by atoms with van der Waals surface area (Å²) < 4.78 is 38.3. The van der Waals surface area contributed by atoms with Gasteiger partial charge >= 0.3 is 6.18 Å². The van der Waals surface area contributed by atoms with E-state index in [4.69, 9.17) is 5.73 Å². The summed E-state index contributed by atoms with van der Waals surface area (Å²) in [6, 6.07) is 4.78. The molecule has 2 heterocycles. The summed E-state index contributed by atoms with van der Waals surface area (Å²) in [6.07, 6.45) is -3.92. The second-order valence-electron chi connectivity index (χ2n) is 4.75. The molecular formula is C12H16F3N3. The van der Waals surface area contributed by atoms with Gasteiger partial charge in [-0.3, -0.25) is 4.90 Å². The molecule has 2 N–H and O–H groups in total. The molecule has 6 heteroatoms. The summed E-state index contributed by atoms with van der Waals surface area (Å²) in [5.74, 6) is -0.906. The molecule has 0 amide bonds. The summed E-state index contributed by atoms with van der Waals surface area (Å²) in [4.78, 5) is 6.04. The average Bonchev–Trinajstić information content (AvgIpc) is 2.28. The van der Waals surface area contributed by atoms with Gasteiger partial charge in [0.1, 0.15) is 5.82 Å². The third kappa shape index (κ3) is 2.75. The Labute approximate surface area is 104 Å². The maximum Gasteiger partial charge on any atom is 0.391 e. The number of nitrogens with two attached hydrogens (primary N) is 1. The van der Waals surface area contributed by atoms with Crippen molar-refractivity contribution >= 4 is 5.82 Å². The van der Waals surface area contributed by atoms with Gasteiger partial charge in [-0.05, 0) is 38.6 Å². The fourth-order valence-corrected chi connectivity index (χ4v) is 2.38. The van der Waals surface area contributed by atoms with Crippen LogP contribution in [0.2, 0.25) is 0 Å². The molecule has 0 aromatic carbocycles. The van der Waals surface area contributed by atoms with E-state index in [0.717, 1.165) is 0 Å². The van der Waals surface area contributed by atoms with Gasteiger partial charge in [-0.1, -0.05) is 6.07 Å². The molecule has 0 saturated carbocycles. The molecule has 100 valence electrons. The fraction of sp³-hybridized carbons (Fsp3) is 0.583. The van der Waals surface area contributed by atoms with Crippen molar-refractivity contribution in [3.05, 3.63) is 23.9 Å². The Balaban J connectivity index is 2.20. The first-order chi connectivity index (χ1) is 8.38. The molecule has 2 atom stereocenters. The summed E-state index contributed by atoms with van der Waals surface area (Å²) in [6.45, 7) is 0.422. The van der Waals surface area contributed by atoms with Crippen molar-refractivity contribution in [2.24, 2.45) is 5.92 Å². The smallest absolute Gasteiger partial charge is 0.384 e. The Morgan fingerprint density at radius 2 is 2.11 bits per heavy atom. The molecule has 1 aromatic rings. The number of pyridine rings is 1. The van der Waals surface area contributed by atoms with Gasteiger partial charge in [0.05, 0.1) is 17.7 Å².